The van der Waals surface area contributed by atoms with Gasteiger partial charge in [-0.2, -0.15) is 0 Å². The Morgan fingerprint density at radius 2 is 1.83 bits per heavy atom. The number of hydrogen-bond acceptors (Lipinski definition) is 4. The maximum Gasteiger partial charge on any atom is 0.416 e. The smallest absolute Gasteiger partial charge is 0.416 e. The third-order valence-electron chi connectivity index (χ3n) is 6.15. The van der Waals surface area contributed by atoms with Gasteiger partial charge in [-0.15, -0.1) is 0 Å². The van der Waals surface area contributed by atoms with Crippen LogP contribution in [0, 0.1) is 5.92 Å². The molecule has 0 bridgehead atoms. The number of carbonyl (C=O) groups excluding carboxylic acids is 1. The van der Waals surface area contributed by atoms with Gasteiger partial charge in [-0.05, 0) is 70.5 Å². The quantitative estimate of drug-likeness (QED) is 0.563. The van der Waals surface area contributed by atoms with Crippen LogP contribution in [0.2, 0.25) is 0 Å². The first-order chi connectivity index (χ1) is 14.2. The molecular formula is C25H41N3O2. The highest BCUT2D eigenvalue weighted by molar-refractivity contribution is 5.87. The van der Waals surface area contributed by atoms with Crippen molar-refractivity contribution in [2.45, 2.75) is 104 Å². The van der Waals surface area contributed by atoms with E-state index >= 15 is 0 Å². The number of likely N-dealkylation sites (tertiary alicyclic amines) is 1. The minimum absolute atomic E-state index is 0.180. The van der Waals surface area contributed by atoms with E-state index in [0.29, 0.717) is 12.0 Å². The first kappa shape index (κ1) is 23.1. The Morgan fingerprint density at radius 3 is 2.43 bits per heavy atom. The van der Waals surface area contributed by atoms with Crippen LogP contribution in [0.25, 0.3) is 0 Å². The summed E-state index contributed by atoms with van der Waals surface area (Å²) >= 11 is 0. The molecule has 0 aromatic carbocycles. The molecular weight excluding hydrogens is 374 g/mol. The van der Waals surface area contributed by atoms with Crippen molar-refractivity contribution in [3.05, 3.63) is 23.9 Å². The molecule has 1 aliphatic carbocycles. The standard InChI is InChI=1S/C25H41N3O2/c1-19(2)18-27-16-10-9-13-22(27)20-14-15-23(26-17-20)28(21-11-7-6-8-12-21)24(29)30-25(3,4)5/h14-15,17,19,21-22H,6-13,16,18H2,1-5H3/t22-/m1/s1. The monoisotopic (exact) mass is 415 g/mol. The van der Waals surface area contributed by atoms with Gasteiger partial charge in [0, 0.05) is 24.8 Å². The summed E-state index contributed by atoms with van der Waals surface area (Å²) in [7, 11) is 0. The summed E-state index contributed by atoms with van der Waals surface area (Å²) in [4.78, 5) is 22.3. The van der Waals surface area contributed by atoms with Crippen molar-refractivity contribution in [2.24, 2.45) is 5.92 Å². The molecule has 1 aromatic heterocycles. The van der Waals surface area contributed by atoms with Crippen LogP contribution in [0.5, 0.6) is 0 Å². The number of pyridine rings is 1. The van der Waals surface area contributed by atoms with Crippen molar-refractivity contribution < 1.29 is 9.53 Å². The van der Waals surface area contributed by atoms with Crippen molar-refractivity contribution >= 4 is 11.9 Å². The number of carbonyl (C=O) groups is 1. The maximum atomic E-state index is 13.1. The third kappa shape index (κ3) is 6.19. The van der Waals surface area contributed by atoms with Crippen molar-refractivity contribution in [1.29, 1.82) is 0 Å². The Bertz CT molecular complexity index is 675. The molecule has 0 spiro atoms. The van der Waals surface area contributed by atoms with Crippen molar-refractivity contribution in [3.8, 4) is 0 Å². The lowest BCUT2D eigenvalue weighted by atomic mass is 9.94. The SMILES string of the molecule is CC(C)CN1CCCC[C@@H]1c1ccc(N(C(=O)OC(C)(C)C)C2CCCCC2)nc1. The van der Waals surface area contributed by atoms with E-state index in [2.05, 4.69) is 24.8 Å². The lowest BCUT2D eigenvalue weighted by Gasteiger charge is -2.37. The van der Waals surface area contributed by atoms with Crippen LogP contribution in [0.4, 0.5) is 10.6 Å². The van der Waals surface area contributed by atoms with Gasteiger partial charge in [-0.1, -0.05) is 45.6 Å². The molecule has 2 fully saturated rings. The number of rotatable bonds is 5. The summed E-state index contributed by atoms with van der Waals surface area (Å²) in [6.45, 7) is 12.6. The van der Waals surface area contributed by atoms with Gasteiger partial charge in [0.05, 0.1) is 0 Å². The van der Waals surface area contributed by atoms with Crippen LogP contribution < -0.4 is 4.90 Å². The first-order valence-corrected chi connectivity index (χ1v) is 12.0. The summed E-state index contributed by atoms with van der Waals surface area (Å²) in [5, 5.41) is 0. The topological polar surface area (TPSA) is 45.7 Å². The van der Waals surface area contributed by atoms with Crippen LogP contribution in [0.3, 0.4) is 0 Å². The van der Waals surface area contributed by atoms with Crippen LogP contribution in [0.1, 0.15) is 97.6 Å². The van der Waals surface area contributed by atoms with E-state index in [0.717, 1.165) is 44.6 Å². The second-order valence-corrected chi connectivity index (χ2v) is 10.5. The van der Waals surface area contributed by atoms with E-state index < -0.39 is 5.60 Å². The average Bonchev–Trinajstić information content (AvgIpc) is 2.68. The molecule has 168 valence electrons. The lowest BCUT2D eigenvalue weighted by Crippen LogP contribution is -2.45. The highest BCUT2D eigenvalue weighted by atomic mass is 16.6. The Kier molecular flexibility index (Phi) is 7.78. The summed E-state index contributed by atoms with van der Waals surface area (Å²) < 4.78 is 5.75. The third-order valence-corrected chi connectivity index (χ3v) is 6.15. The number of aromatic nitrogens is 1. The van der Waals surface area contributed by atoms with Crippen molar-refractivity contribution in [1.82, 2.24) is 9.88 Å². The minimum atomic E-state index is -0.511. The Hall–Kier alpha value is -1.62. The highest BCUT2D eigenvalue weighted by Crippen LogP contribution is 2.33. The lowest BCUT2D eigenvalue weighted by molar-refractivity contribution is 0.0556. The molecule has 1 amide bonds. The normalized spacial score (nSPS) is 21.6. The fourth-order valence-corrected chi connectivity index (χ4v) is 4.87. The Balaban J connectivity index is 1.81. The molecule has 1 aromatic rings. The van der Waals surface area contributed by atoms with Crippen molar-refractivity contribution in [3.63, 3.8) is 0 Å². The molecule has 0 unspecified atom stereocenters. The number of nitrogens with zero attached hydrogens (tertiary/aromatic N) is 3. The fraction of sp³-hybridized carbons (Fsp3) is 0.760. The summed E-state index contributed by atoms with van der Waals surface area (Å²) in [5.41, 5.74) is 0.760. The highest BCUT2D eigenvalue weighted by Gasteiger charge is 2.32. The summed E-state index contributed by atoms with van der Waals surface area (Å²) in [6, 6.07) is 4.84. The number of hydrogen-bond donors (Lipinski definition) is 0. The molecule has 1 saturated heterocycles. The predicted octanol–water partition coefficient (Wildman–Crippen LogP) is 6.34. The molecule has 5 heteroatoms. The zero-order valence-electron chi connectivity index (χ0n) is 19.7. The molecule has 0 radical (unpaired) electrons. The Morgan fingerprint density at radius 1 is 1.13 bits per heavy atom. The molecule has 30 heavy (non-hydrogen) atoms. The number of ether oxygens (including phenoxy) is 1. The average molecular weight is 416 g/mol. The Labute approximate surface area is 183 Å². The fourth-order valence-electron chi connectivity index (χ4n) is 4.87. The largest absolute Gasteiger partial charge is 0.443 e. The minimum Gasteiger partial charge on any atom is -0.443 e. The second kappa shape index (κ2) is 10.1. The van der Waals surface area contributed by atoms with Gasteiger partial charge in [0.2, 0.25) is 0 Å². The van der Waals surface area contributed by atoms with E-state index in [1.54, 1.807) is 0 Å². The number of anilines is 1. The first-order valence-electron chi connectivity index (χ1n) is 12.0. The van der Waals surface area contributed by atoms with E-state index in [-0.39, 0.29) is 12.1 Å². The van der Waals surface area contributed by atoms with E-state index in [1.807, 2.05) is 37.9 Å². The number of piperidine rings is 1. The zero-order chi connectivity index (χ0) is 21.7. The van der Waals surface area contributed by atoms with Crippen LogP contribution in [0.15, 0.2) is 18.3 Å². The molecule has 1 aliphatic heterocycles. The second-order valence-electron chi connectivity index (χ2n) is 10.5. The van der Waals surface area contributed by atoms with Crippen molar-refractivity contribution in [2.75, 3.05) is 18.0 Å². The molecule has 0 N–H and O–H groups in total. The summed E-state index contributed by atoms with van der Waals surface area (Å²) in [5.74, 6) is 1.39. The van der Waals surface area contributed by atoms with E-state index in [4.69, 9.17) is 9.72 Å². The molecule has 1 saturated carbocycles. The van der Waals surface area contributed by atoms with Gasteiger partial charge >= 0.3 is 6.09 Å². The van der Waals surface area contributed by atoms with E-state index in [9.17, 15) is 4.79 Å². The van der Waals surface area contributed by atoms with Crippen LogP contribution in [-0.4, -0.2) is 40.7 Å². The summed E-state index contributed by atoms with van der Waals surface area (Å²) in [6.07, 6.45) is 11.1. The molecule has 5 nitrogen and oxygen atoms in total. The van der Waals surface area contributed by atoms with E-state index in [1.165, 1.54) is 31.2 Å². The zero-order valence-corrected chi connectivity index (χ0v) is 19.7. The van der Waals surface area contributed by atoms with Gasteiger partial charge in [-0.25, -0.2) is 9.78 Å². The van der Waals surface area contributed by atoms with Gasteiger partial charge < -0.3 is 4.74 Å². The predicted molar refractivity (Wildman–Crippen MR) is 123 cm³/mol. The van der Waals surface area contributed by atoms with Gasteiger partial charge in [-0.3, -0.25) is 9.80 Å². The van der Waals surface area contributed by atoms with Crippen LogP contribution in [-0.2, 0) is 4.74 Å². The van der Waals surface area contributed by atoms with Gasteiger partial charge in [0.15, 0.2) is 0 Å². The molecule has 2 aliphatic rings. The molecule has 1 atom stereocenters. The number of amides is 1. The molecule has 3 rings (SSSR count). The van der Waals surface area contributed by atoms with Gasteiger partial charge in [0.1, 0.15) is 11.4 Å². The maximum absolute atomic E-state index is 13.1. The van der Waals surface area contributed by atoms with Crippen LogP contribution >= 0.6 is 0 Å². The molecule has 2 heterocycles. The van der Waals surface area contributed by atoms with Gasteiger partial charge in [0.25, 0.3) is 0 Å².